The van der Waals surface area contributed by atoms with Crippen LogP contribution in [-0.4, -0.2) is 25.5 Å². The Kier molecular flexibility index (Phi) is 4.46. The fourth-order valence-electron chi connectivity index (χ4n) is 1.47. The third kappa shape index (κ3) is 3.15. The quantitative estimate of drug-likeness (QED) is 0.743. The Morgan fingerprint density at radius 2 is 2.13 bits per heavy atom. The van der Waals surface area contributed by atoms with E-state index in [1.165, 1.54) is 0 Å². The van der Waals surface area contributed by atoms with Gasteiger partial charge in [0, 0.05) is 12.7 Å². The zero-order chi connectivity index (χ0) is 11.3. The van der Waals surface area contributed by atoms with Gasteiger partial charge < -0.3 is 10.5 Å². The molecular weight excluding hydrogens is 190 g/mol. The van der Waals surface area contributed by atoms with Crippen molar-refractivity contribution in [3.63, 3.8) is 0 Å². The molecule has 1 aromatic carbocycles. The minimum Gasteiger partial charge on any atom is -0.381 e. The third-order valence-corrected chi connectivity index (χ3v) is 2.41. The van der Waals surface area contributed by atoms with Crippen LogP contribution in [0, 0.1) is 0 Å². The molecule has 3 heteroatoms. The minimum atomic E-state index is -0.0195. The molecule has 0 aliphatic carbocycles. The fraction of sp³-hybridized carbons (Fsp3) is 0.417. The molecule has 15 heavy (non-hydrogen) atoms. The molecule has 0 bridgehead atoms. The fourth-order valence-corrected chi connectivity index (χ4v) is 1.47. The molecule has 2 N–H and O–H groups in total. The van der Waals surface area contributed by atoms with E-state index < -0.39 is 0 Å². The largest absolute Gasteiger partial charge is 0.381 e. The van der Waals surface area contributed by atoms with E-state index in [-0.39, 0.29) is 18.4 Å². The molecule has 1 rings (SSSR count). The Balaban J connectivity index is 2.91. The number of Topliss-reactive ketones (excluding diaryl/α,β-unsaturated/α-hetero) is 1. The van der Waals surface area contributed by atoms with Crippen LogP contribution >= 0.6 is 0 Å². The van der Waals surface area contributed by atoms with Crippen LogP contribution in [-0.2, 0) is 11.2 Å². The highest BCUT2D eigenvalue weighted by atomic mass is 16.5. The number of ether oxygens (including phenoxy) is 1. The summed E-state index contributed by atoms with van der Waals surface area (Å²) in [6, 6.07) is 7.53. The van der Waals surface area contributed by atoms with Crippen LogP contribution in [0.2, 0.25) is 0 Å². The van der Waals surface area contributed by atoms with Crippen molar-refractivity contribution in [3.8, 4) is 0 Å². The molecule has 0 heterocycles. The molecular formula is C12H17NO2. The van der Waals surface area contributed by atoms with Crippen LogP contribution in [0.1, 0.15) is 22.8 Å². The number of nitrogens with two attached hydrogens (primary N) is 1. The van der Waals surface area contributed by atoms with Crippen LogP contribution in [0.3, 0.4) is 0 Å². The number of hydrogen-bond acceptors (Lipinski definition) is 3. The standard InChI is InChI=1S/C12H17NO2/c1-9(15-2)7-10-5-3-4-6-11(10)12(14)8-13/h3-6,9H,7-8,13H2,1-2H3. The SMILES string of the molecule is COC(C)Cc1ccccc1C(=O)CN. The van der Waals surface area contributed by atoms with E-state index in [0.717, 1.165) is 12.0 Å². The number of benzene rings is 1. The molecule has 1 aromatic rings. The van der Waals surface area contributed by atoms with E-state index in [0.29, 0.717) is 5.56 Å². The summed E-state index contributed by atoms with van der Waals surface area (Å²) < 4.78 is 5.18. The number of rotatable bonds is 5. The van der Waals surface area contributed by atoms with Crippen LogP contribution in [0.15, 0.2) is 24.3 Å². The summed E-state index contributed by atoms with van der Waals surface area (Å²) in [4.78, 5) is 11.5. The van der Waals surface area contributed by atoms with Crippen molar-refractivity contribution in [2.45, 2.75) is 19.4 Å². The average molecular weight is 207 g/mol. The van der Waals surface area contributed by atoms with Crippen LogP contribution in [0.25, 0.3) is 0 Å². The summed E-state index contributed by atoms with van der Waals surface area (Å²) >= 11 is 0. The van der Waals surface area contributed by atoms with Crippen LogP contribution in [0.4, 0.5) is 0 Å². The zero-order valence-corrected chi connectivity index (χ0v) is 9.19. The molecule has 0 radical (unpaired) electrons. The summed E-state index contributed by atoms with van der Waals surface area (Å²) in [7, 11) is 1.66. The van der Waals surface area contributed by atoms with E-state index in [2.05, 4.69) is 0 Å². The Hall–Kier alpha value is -1.19. The number of ketones is 1. The van der Waals surface area contributed by atoms with E-state index in [1.807, 2.05) is 31.2 Å². The van der Waals surface area contributed by atoms with Gasteiger partial charge in [-0.2, -0.15) is 0 Å². The maximum Gasteiger partial charge on any atom is 0.176 e. The van der Waals surface area contributed by atoms with Gasteiger partial charge in [-0.3, -0.25) is 4.79 Å². The predicted molar refractivity (Wildman–Crippen MR) is 60.0 cm³/mol. The molecule has 0 aromatic heterocycles. The lowest BCUT2D eigenvalue weighted by Crippen LogP contribution is -2.17. The highest BCUT2D eigenvalue weighted by molar-refractivity contribution is 5.98. The van der Waals surface area contributed by atoms with Crippen LogP contribution < -0.4 is 5.73 Å². The van der Waals surface area contributed by atoms with Crippen LogP contribution in [0.5, 0.6) is 0 Å². The van der Waals surface area contributed by atoms with E-state index >= 15 is 0 Å². The molecule has 1 atom stereocenters. The molecule has 82 valence electrons. The molecule has 3 nitrogen and oxygen atoms in total. The lowest BCUT2D eigenvalue weighted by Gasteiger charge is -2.12. The highest BCUT2D eigenvalue weighted by Crippen LogP contribution is 2.12. The number of carbonyl (C=O) groups is 1. The van der Waals surface area contributed by atoms with Gasteiger partial charge in [0.2, 0.25) is 0 Å². The second-order valence-corrected chi connectivity index (χ2v) is 3.53. The Bertz CT molecular complexity index is 336. The van der Waals surface area contributed by atoms with Crippen molar-refractivity contribution in [1.82, 2.24) is 0 Å². The first kappa shape index (κ1) is 11.9. The first-order valence-corrected chi connectivity index (χ1v) is 5.03. The summed E-state index contributed by atoms with van der Waals surface area (Å²) in [5, 5.41) is 0. The first-order valence-electron chi connectivity index (χ1n) is 5.03. The van der Waals surface area contributed by atoms with E-state index in [1.54, 1.807) is 7.11 Å². The molecule has 0 aliphatic heterocycles. The van der Waals surface area contributed by atoms with Gasteiger partial charge in [0.15, 0.2) is 5.78 Å². The van der Waals surface area contributed by atoms with Crippen molar-refractivity contribution in [2.24, 2.45) is 5.73 Å². The smallest absolute Gasteiger partial charge is 0.176 e. The second-order valence-electron chi connectivity index (χ2n) is 3.53. The Morgan fingerprint density at radius 1 is 1.47 bits per heavy atom. The van der Waals surface area contributed by atoms with Crippen molar-refractivity contribution >= 4 is 5.78 Å². The van der Waals surface area contributed by atoms with Gasteiger partial charge in [-0.1, -0.05) is 24.3 Å². The van der Waals surface area contributed by atoms with E-state index in [9.17, 15) is 4.79 Å². The molecule has 0 saturated heterocycles. The van der Waals surface area contributed by atoms with Gasteiger partial charge in [0.05, 0.1) is 12.6 Å². The van der Waals surface area contributed by atoms with Gasteiger partial charge in [-0.25, -0.2) is 0 Å². The summed E-state index contributed by atoms with van der Waals surface area (Å²) in [5.41, 5.74) is 7.07. The topological polar surface area (TPSA) is 52.3 Å². The summed E-state index contributed by atoms with van der Waals surface area (Å²) in [6.07, 6.45) is 0.843. The number of methoxy groups -OCH3 is 1. The lowest BCUT2D eigenvalue weighted by molar-refractivity contribution is 0.0996. The third-order valence-electron chi connectivity index (χ3n) is 2.41. The maximum absolute atomic E-state index is 11.5. The zero-order valence-electron chi connectivity index (χ0n) is 9.19. The molecule has 0 saturated carbocycles. The Labute approximate surface area is 90.2 Å². The van der Waals surface area contributed by atoms with Crippen molar-refractivity contribution in [1.29, 1.82) is 0 Å². The molecule has 0 fully saturated rings. The Morgan fingerprint density at radius 3 is 2.73 bits per heavy atom. The monoisotopic (exact) mass is 207 g/mol. The van der Waals surface area contributed by atoms with Gasteiger partial charge in [0.25, 0.3) is 0 Å². The predicted octanol–water partition coefficient (Wildman–Crippen LogP) is 1.41. The van der Waals surface area contributed by atoms with Gasteiger partial charge in [-0.15, -0.1) is 0 Å². The van der Waals surface area contributed by atoms with Crippen molar-refractivity contribution < 1.29 is 9.53 Å². The number of hydrogen-bond donors (Lipinski definition) is 1. The lowest BCUT2D eigenvalue weighted by atomic mass is 9.99. The second kappa shape index (κ2) is 5.63. The molecule has 1 unspecified atom stereocenters. The average Bonchev–Trinajstić information content (AvgIpc) is 2.28. The molecule has 0 aliphatic rings. The van der Waals surface area contributed by atoms with Gasteiger partial charge >= 0.3 is 0 Å². The van der Waals surface area contributed by atoms with Gasteiger partial charge in [0.1, 0.15) is 0 Å². The minimum absolute atomic E-state index is 0.0195. The van der Waals surface area contributed by atoms with E-state index in [4.69, 9.17) is 10.5 Å². The van der Waals surface area contributed by atoms with Crippen molar-refractivity contribution in [2.75, 3.05) is 13.7 Å². The highest BCUT2D eigenvalue weighted by Gasteiger charge is 2.11. The maximum atomic E-state index is 11.5. The number of carbonyl (C=O) groups excluding carboxylic acids is 1. The first-order chi connectivity index (χ1) is 7.19. The summed E-state index contributed by atoms with van der Waals surface area (Å²) in [6.45, 7) is 2.03. The normalized spacial score (nSPS) is 12.5. The summed E-state index contributed by atoms with van der Waals surface area (Å²) in [5.74, 6) is -0.0195. The van der Waals surface area contributed by atoms with Crippen molar-refractivity contribution in [3.05, 3.63) is 35.4 Å². The molecule has 0 amide bonds. The molecule has 0 spiro atoms. The van der Waals surface area contributed by atoms with Gasteiger partial charge in [-0.05, 0) is 18.9 Å².